The molecular formula is C25H38ClF. The molecule has 2 heteroatoms. The molecule has 0 nitrogen and oxygen atoms in total. The van der Waals surface area contributed by atoms with Crippen molar-refractivity contribution in [3.05, 3.63) is 34.6 Å². The zero-order valence-corrected chi connectivity index (χ0v) is 18.0. The van der Waals surface area contributed by atoms with Crippen LogP contribution >= 0.6 is 11.6 Å². The molecule has 2 aliphatic rings. The standard InChI is InChI=1S/C25H38ClF/c1-2-10-19(17-18-22-15-9-16-23(27)25(22)26)24(20-11-5-3-6-12-20)21-13-7-4-8-14-21/h9,15-16,19-21,24H,2-8,10-14,17-18H2,1H3. The van der Waals surface area contributed by atoms with Gasteiger partial charge in [-0.2, -0.15) is 0 Å². The number of halogens is 2. The second-order valence-electron chi connectivity index (χ2n) is 9.17. The van der Waals surface area contributed by atoms with Gasteiger partial charge in [-0.25, -0.2) is 4.39 Å². The van der Waals surface area contributed by atoms with Gasteiger partial charge in [-0.05, 0) is 48.1 Å². The summed E-state index contributed by atoms with van der Waals surface area (Å²) in [4.78, 5) is 0. The first-order valence-corrected chi connectivity index (χ1v) is 12.0. The summed E-state index contributed by atoms with van der Waals surface area (Å²) in [5.41, 5.74) is 1.00. The topological polar surface area (TPSA) is 0 Å². The average molecular weight is 393 g/mol. The largest absolute Gasteiger partial charge is 0.205 e. The second kappa shape index (κ2) is 10.8. The Labute approximate surface area is 171 Å². The van der Waals surface area contributed by atoms with E-state index in [1.807, 2.05) is 12.1 Å². The highest BCUT2D eigenvalue weighted by molar-refractivity contribution is 6.31. The molecule has 2 saturated carbocycles. The van der Waals surface area contributed by atoms with Gasteiger partial charge in [0.05, 0.1) is 5.02 Å². The van der Waals surface area contributed by atoms with Crippen LogP contribution in [0.5, 0.6) is 0 Å². The highest BCUT2D eigenvalue weighted by Gasteiger charge is 2.36. The van der Waals surface area contributed by atoms with Crippen molar-refractivity contribution < 1.29 is 4.39 Å². The number of hydrogen-bond donors (Lipinski definition) is 0. The number of rotatable bonds is 8. The van der Waals surface area contributed by atoms with Crippen LogP contribution in [0.1, 0.15) is 96.0 Å². The van der Waals surface area contributed by atoms with Crippen molar-refractivity contribution in [3.63, 3.8) is 0 Å². The van der Waals surface area contributed by atoms with Crippen LogP contribution in [-0.4, -0.2) is 0 Å². The predicted octanol–water partition coefficient (Wildman–Crippen LogP) is 8.60. The molecule has 1 aromatic carbocycles. The first kappa shape index (κ1) is 21.2. The Morgan fingerprint density at radius 3 is 2.07 bits per heavy atom. The molecule has 0 amide bonds. The molecule has 3 rings (SSSR count). The third-order valence-corrected chi connectivity index (χ3v) is 7.83. The maximum absolute atomic E-state index is 13.9. The van der Waals surface area contributed by atoms with Crippen molar-refractivity contribution in [3.8, 4) is 0 Å². The Kier molecular flexibility index (Phi) is 8.49. The highest BCUT2D eigenvalue weighted by atomic mass is 35.5. The van der Waals surface area contributed by atoms with Crippen LogP contribution in [0.4, 0.5) is 4.39 Å². The molecule has 0 aliphatic heterocycles. The monoisotopic (exact) mass is 392 g/mol. The zero-order valence-electron chi connectivity index (χ0n) is 17.2. The zero-order chi connectivity index (χ0) is 19.1. The van der Waals surface area contributed by atoms with Crippen molar-refractivity contribution in [1.82, 2.24) is 0 Å². The van der Waals surface area contributed by atoms with Gasteiger partial charge in [0.1, 0.15) is 5.82 Å². The lowest BCUT2D eigenvalue weighted by atomic mass is 9.63. The fourth-order valence-electron chi connectivity index (χ4n) is 6.18. The van der Waals surface area contributed by atoms with E-state index < -0.39 is 0 Å². The van der Waals surface area contributed by atoms with Crippen molar-refractivity contribution in [2.75, 3.05) is 0 Å². The molecule has 0 heterocycles. The van der Waals surface area contributed by atoms with Crippen LogP contribution < -0.4 is 0 Å². The Balaban J connectivity index is 1.75. The van der Waals surface area contributed by atoms with Crippen LogP contribution in [0.2, 0.25) is 5.02 Å². The summed E-state index contributed by atoms with van der Waals surface area (Å²) in [6, 6.07) is 5.30. The highest BCUT2D eigenvalue weighted by Crippen LogP contribution is 2.46. The van der Waals surface area contributed by atoms with Gasteiger partial charge in [0.2, 0.25) is 0 Å². The van der Waals surface area contributed by atoms with E-state index in [0.717, 1.165) is 35.7 Å². The molecular weight excluding hydrogens is 355 g/mol. The van der Waals surface area contributed by atoms with Gasteiger partial charge in [-0.3, -0.25) is 0 Å². The second-order valence-corrected chi connectivity index (χ2v) is 9.55. The fourth-order valence-corrected chi connectivity index (χ4v) is 6.40. The third-order valence-electron chi connectivity index (χ3n) is 7.41. The van der Waals surface area contributed by atoms with Crippen LogP contribution in [0.25, 0.3) is 0 Å². The summed E-state index contributed by atoms with van der Waals surface area (Å²) in [5.74, 6) is 3.26. The summed E-state index contributed by atoms with van der Waals surface area (Å²) in [6.45, 7) is 2.33. The molecule has 0 N–H and O–H groups in total. The average Bonchev–Trinajstić information content (AvgIpc) is 2.71. The molecule has 1 atom stereocenters. The van der Waals surface area contributed by atoms with Gasteiger partial charge >= 0.3 is 0 Å². The molecule has 0 spiro atoms. The molecule has 1 unspecified atom stereocenters. The molecule has 2 aliphatic carbocycles. The Hall–Kier alpha value is -0.560. The van der Waals surface area contributed by atoms with E-state index in [-0.39, 0.29) is 5.82 Å². The van der Waals surface area contributed by atoms with Crippen LogP contribution in [0.15, 0.2) is 18.2 Å². The quantitative estimate of drug-likeness (QED) is 0.415. The molecule has 0 aromatic heterocycles. The fraction of sp³-hybridized carbons (Fsp3) is 0.760. The molecule has 2 fully saturated rings. The molecule has 0 saturated heterocycles. The first-order valence-electron chi connectivity index (χ1n) is 11.6. The smallest absolute Gasteiger partial charge is 0.142 e. The summed E-state index contributed by atoms with van der Waals surface area (Å²) < 4.78 is 13.9. The van der Waals surface area contributed by atoms with Crippen molar-refractivity contribution in [2.24, 2.45) is 23.7 Å². The van der Waals surface area contributed by atoms with E-state index >= 15 is 0 Å². The SMILES string of the molecule is CCCC(CCc1cccc(F)c1Cl)C(C1CCCCC1)C1CCCCC1. The molecule has 0 radical (unpaired) electrons. The van der Waals surface area contributed by atoms with Crippen LogP contribution in [0.3, 0.4) is 0 Å². The van der Waals surface area contributed by atoms with E-state index in [2.05, 4.69) is 6.92 Å². The third kappa shape index (κ3) is 5.72. The van der Waals surface area contributed by atoms with Gasteiger partial charge < -0.3 is 0 Å². The lowest BCUT2D eigenvalue weighted by molar-refractivity contribution is 0.0773. The van der Waals surface area contributed by atoms with Crippen molar-refractivity contribution in [2.45, 2.75) is 96.8 Å². The minimum atomic E-state index is -0.266. The summed E-state index contributed by atoms with van der Waals surface area (Å²) >= 11 is 6.26. The molecule has 27 heavy (non-hydrogen) atoms. The first-order chi connectivity index (χ1) is 13.2. The minimum absolute atomic E-state index is 0.266. The molecule has 1 aromatic rings. The van der Waals surface area contributed by atoms with Crippen LogP contribution in [-0.2, 0) is 6.42 Å². The van der Waals surface area contributed by atoms with E-state index in [1.165, 1.54) is 89.5 Å². The lowest BCUT2D eigenvalue weighted by Crippen LogP contribution is -2.33. The van der Waals surface area contributed by atoms with Crippen molar-refractivity contribution in [1.29, 1.82) is 0 Å². The molecule has 152 valence electrons. The number of benzene rings is 1. The van der Waals surface area contributed by atoms with Gasteiger partial charge in [0.25, 0.3) is 0 Å². The summed E-state index contributed by atoms with van der Waals surface area (Å²) in [5, 5.41) is 0.347. The van der Waals surface area contributed by atoms with E-state index in [9.17, 15) is 4.39 Å². The molecule has 0 bridgehead atoms. The number of hydrogen-bond acceptors (Lipinski definition) is 0. The van der Waals surface area contributed by atoms with E-state index in [0.29, 0.717) is 5.02 Å². The summed E-state index contributed by atoms with van der Waals surface area (Å²) in [6.07, 6.45) is 19.1. The van der Waals surface area contributed by atoms with E-state index in [1.54, 1.807) is 0 Å². The maximum Gasteiger partial charge on any atom is 0.142 e. The van der Waals surface area contributed by atoms with Crippen LogP contribution in [0, 0.1) is 29.5 Å². The van der Waals surface area contributed by atoms with Gasteiger partial charge in [0, 0.05) is 0 Å². The Morgan fingerprint density at radius 1 is 0.926 bits per heavy atom. The Morgan fingerprint density at radius 2 is 1.52 bits per heavy atom. The van der Waals surface area contributed by atoms with Gasteiger partial charge in [-0.1, -0.05) is 108 Å². The van der Waals surface area contributed by atoms with Gasteiger partial charge in [-0.15, -0.1) is 0 Å². The van der Waals surface area contributed by atoms with Crippen molar-refractivity contribution >= 4 is 11.6 Å². The minimum Gasteiger partial charge on any atom is -0.205 e. The normalized spacial score (nSPS) is 20.9. The van der Waals surface area contributed by atoms with E-state index in [4.69, 9.17) is 11.6 Å². The van der Waals surface area contributed by atoms with Gasteiger partial charge in [0.15, 0.2) is 0 Å². The lowest BCUT2D eigenvalue weighted by Gasteiger charge is -2.43. The predicted molar refractivity (Wildman–Crippen MR) is 115 cm³/mol. The number of aryl methyl sites for hydroxylation is 1. The maximum atomic E-state index is 13.9. The summed E-state index contributed by atoms with van der Waals surface area (Å²) in [7, 11) is 0. The Bertz CT molecular complexity index is 539.